The van der Waals surface area contributed by atoms with Crippen LogP contribution in [0.25, 0.3) is 21.3 Å². The molecule has 0 aliphatic carbocycles. The summed E-state index contributed by atoms with van der Waals surface area (Å²) in [6.07, 6.45) is 0. The molecule has 3 aromatic heterocycles. The maximum atomic E-state index is 12.8. The molecular formula is C18H18N6OS. The lowest BCUT2D eigenvalue weighted by molar-refractivity contribution is 0.0954. The third-order valence-electron chi connectivity index (χ3n) is 4.31. The molecule has 0 bridgehead atoms. The summed E-state index contributed by atoms with van der Waals surface area (Å²) in [6, 6.07) is 9.81. The van der Waals surface area contributed by atoms with Crippen LogP contribution in [0, 0.1) is 13.8 Å². The van der Waals surface area contributed by atoms with E-state index >= 15 is 0 Å². The maximum Gasteiger partial charge on any atom is 0.272 e. The van der Waals surface area contributed by atoms with Crippen LogP contribution in [0.15, 0.2) is 35.4 Å². The van der Waals surface area contributed by atoms with Crippen molar-refractivity contribution in [1.29, 1.82) is 0 Å². The Bertz CT molecular complexity index is 1230. The van der Waals surface area contributed by atoms with E-state index in [2.05, 4.69) is 20.6 Å². The minimum Gasteiger partial charge on any atom is -0.318 e. The maximum absolute atomic E-state index is 12.8. The molecule has 0 aliphatic rings. The summed E-state index contributed by atoms with van der Waals surface area (Å²) < 4.78 is 4.77. The second-order valence-electron chi connectivity index (χ2n) is 6.18. The standard InChI is InChI=1S/C18H18N6OS/c1-10-9-12(15-11(2)22-24(4)16(15)19-10)17(25)20-21-18-23(3)13-7-5-6-8-14(13)26-18/h5-9H,1-4H3,(H,20,25)/b21-18-. The molecule has 0 aliphatic heterocycles. The fraction of sp³-hybridized carbons (Fsp3) is 0.222. The molecule has 0 fully saturated rings. The predicted octanol–water partition coefficient (Wildman–Crippen LogP) is 2.38. The van der Waals surface area contributed by atoms with Gasteiger partial charge in [0.05, 0.1) is 26.9 Å². The third kappa shape index (κ3) is 2.59. The van der Waals surface area contributed by atoms with Gasteiger partial charge in [0.15, 0.2) is 5.65 Å². The highest BCUT2D eigenvalue weighted by atomic mass is 32.1. The first kappa shape index (κ1) is 16.5. The second kappa shape index (κ2) is 6.06. The number of para-hydroxylation sites is 1. The zero-order valence-electron chi connectivity index (χ0n) is 14.9. The van der Waals surface area contributed by atoms with Gasteiger partial charge in [-0.3, -0.25) is 9.48 Å². The summed E-state index contributed by atoms with van der Waals surface area (Å²) in [5.74, 6) is -0.269. The number of hydrogen-bond acceptors (Lipinski definition) is 5. The highest BCUT2D eigenvalue weighted by Gasteiger charge is 2.17. The van der Waals surface area contributed by atoms with Gasteiger partial charge in [0.1, 0.15) is 0 Å². The zero-order valence-corrected chi connectivity index (χ0v) is 15.8. The fourth-order valence-electron chi connectivity index (χ4n) is 3.10. The smallest absolute Gasteiger partial charge is 0.272 e. The Morgan fingerprint density at radius 1 is 1.23 bits per heavy atom. The van der Waals surface area contributed by atoms with E-state index in [4.69, 9.17) is 0 Å². The number of aryl methyl sites for hydroxylation is 4. The van der Waals surface area contributed by atoms with Crippen molar-refractivity contribution >= 4 is 38.5 Å². The Morgan fingerprint density at radius 3 is 2.77 bits per heavy atom. The van der Waals surface area contributed by atoms with Gasteiger partial charge >= 0.3 is 0 Å². The summed E-state index contributed by atoms with van der Waals surface area (Å²) in [5, 5.41) is 9.46. The number of carbonyl (C=O) groups is 1. The van der Waals surface area contributed by atoms with E-state index in [0.29, 0.717) is 11.2 Å². The number of pyridine rings is 1. The monoisotopic (exact) mass is 366 g/mol. The fourth-order valence-corrected chi connectivity index (χ4v) is 4.08. The molecule has 0 radical (unpaired) electrons. The van der Waals surface area contributed by atoms with Crippen molar-refractivity contribution in [2.24, 2.45) is 19.2 Å². The first-order valence-electron chi connectivity index (χ1n) is 8.15. The van der Waals surface area contributed by atoms with Crippen LogP contribution in [0.2, 0.25) is 0 Å². The van der Waals surface area contributed by atoms with Crippen molar-refractivity contribution in [2.45, 2.75) is 13.8 Å². The van der Waals surface area contributed by atoms with E-state index in [1.165, 1.54) is 11.3 Å². The normalized spacial score (nSPS) is 12.2. The molecule has 132 valence electrons. The molecule has 0 saturated carbocycles. The van der Waals surface area contributed by atoms with Crippen LogP contribution in [0.1, 0.15) is 21.7 Å². The molecule has 1 aromatic carbocycles. The van der Waals surface area contributed by atoms with E-state index in [0.717, 1.165) is 31.8 Å². The van der Waals surface area contributed by atoms with Crippen LogP contribution in [-0.4, -0.2) is 25.2 Å². The van der Waals surface area contributed by atoms with Crippen LogP contribution in [-0.2, 0) is 14.1 Å². The topological polar surface area (TPSA) is 77.1 Å². The second-order valence-corrected chi connectivity index (χ2v) is 7.19. The van der Waals surface area contributed by atoms with Gasteiger partial charge in [-0.1, -0.05) is 23.5 Å². The average molecular weight is 366 g/mol. The Labute approximate surface area is 153 Å². The van der Waals surface area contributed by atoms with Crippen molar-refractivity contribution in [3.05, 3.63) is 52.1 Å². The molecule has 0 spiro atoms. The minimum atomic E-state index is -0.269. The molecule has 0 unspecified atom stereocenters. The van der Waals surface area contributed by atoms with Crippen LogP contribution < -0.4 is 10.2 Å². The lowest BCUT2D eigenvalue weighted by atomic mass is 10.1. The van der Waals surface area contributed by atoms with Gasteiger partial charge in [0.25, 0.3) is 5.91 Å². The number of nitrogens with zero attached hydrogens (tertiary/aromatic N) is 5. The Kier molecular flexibility index (Phi) is 3.84. The third-order valence-corrected chi connectivity index (χ3v) is 5.42. The van der Waals surface area contributed by atoms with Crippen LogP contribution in [0.3, 0.4) is 0 Å². The number of benzene rings is 1. The molecular weight excluding hydrogens is 348 g/mol. The SMILES string of the molecule is Cc1cc(C(=O)N/N=c2\sc3ccccc3n2C)c2c(C)nn(C)c2n1. The van der Waals surface area contributed by atoms with Gasteiger partial charge in [-0.15, -0.1) is 5.10 Å². The summed E-state index contributed by atoms with van der Waals surface area (Å²) >= 11 is 1.53. The van der Waals surface area contributed by atoms with E-state index < -0.39 is 0 Å². The molecule has 26 heavy (non-hydrogen) atoms. The number of amides is 1. The summed E-state index contributed by atoms with van der Waals surface area (Å²) in [5.41, 5.74) is 6.52. The Hall–Kier alpha value is -3.00. The predicted molar refractivity (Wildman–Crippen MR) is 102 cm³/mol. The summed E-state index contributed by atoms with van der Waals surface area (Å²) in [7, 11) is 3.76. The zero-order chi connectivity index (χ0) is 18.4. The molecule has 1 amide bonds. The van der Waals surface area contributed by atoms with Gasteiger partial charge in [-0.2, -0.15) is 5.10 Å². The highest BCUT2D eigenvalue weighted by Crippen LogP contribution is 2.21. The van der Waals surface area contributed by atoms with Crippen molar-refractivity contribution in [2.75, 3.05) is 0 Å². The minimum absolute atomic E-state index is 0.269. The van der Waals surface area contributed by atoms with Crippen LogP contribution in [0.4, 0.5) is 0 Å². The first-order valence-corrected chi connectivity index (χ1v) is 8.97. The number of thiazole rings is 1. The van der Waals surface area contributed by atoms with Gasteiger partial charge in [0, 0.05) is 19.8 Å². The molecule has 3 heterocycles. The molecule has 4 rings (SSSR count). The van der Waals surface area contributed by atoms with Crippen molar-refractivity contribution in [1.82, 2.24) is 24.8 Å². The van der Waals surface area contributed by atoms with E-state index in [1.807, 2.05) is 56.8 Å². The number of aromatic nitrogens is 4. The number of rotatable bonds is 2. The highest BCUT2D eigenvalue weighted by molar-refractivity contribution is 7.16. The first-order chi connectivity index (χ1) is 12.5. The Morgan fingerprint density at radius 2 is 2.00 bits per heavy atom. The van der Waals surface area contributed by atoms with Gasteiger partial charge in [0.2, 0.25) is 4.80 Å². The van der Waals surface area contributed by atoms with E-state index in [1.54, 1.807) is 10.7 Å². The summed E-state index contributed by atoms with van der Waals surface area (Å²) in [4.78, 5) is 18.0. The largest absolute Gasteiger partial charge is 0.318 e. The Balaban J connectivity index is 1.77. The average Bonchev–Trinajstić information content (AvgIpc) is 3.09. The number of nitrogens with one attached hydrogen (secondary N) is 1. The van der Waals surface area contributed by atoms with Gasteiger partial charge < -0.3 is 4.57 Å². The molecule has 0 atom stereocenters. The van der Waals surface area contributed by atoms with Gasteiger partial charge in [-0.05, 0) is 32.0 Å². The van der Waals surface area contributed by atoms with Crippen LogP contribution >= 0.6 is 11.3 Å². The molecule has 0 saturated heterocycles. The quantitative estimate of drug-likeness (QED) is 0.553. The molecule has 4 aromatic rings. The van der Waals surface area contributed by atoms with Crippen molar-refractivity contribution < 1.29 is 4.79 Å². The number of fused-ring (bicyclic) bond motifs is 2. The molecule has 1 N–H and O–H groups in total. The van der Waals surface area contributed by atoms with Gasteiger partial charge in [-0.25, -0.2) is 10.4 Å². The van der Waals surface area contributed by atoms with Crippen molar-refractivity contribution in [3.8, 4) is 0 Å². The van der Waals surface area contributed by atoms with Crippen LogP contribution in [0.5, 0.6) is 0 Å². The lowest BCUT2D eigenvalue weighted by Gasteiger charge is -2.04. The summed E-state index contributed by atoms with van der Waals surface area (Å²) in [6.45, 7) is 3.74. The molecule has 8 heteroatoms. The number of hydrogen-bond donors (Lipinski definition) is 1. The van der Waals surface area contributed by atoms with E-state index in [9.17, 15) is 4.79 Å². The lowest BCUT2D eigenvalue weighted by Crippen LogP contribution is -2.23. The van der Waals surface area contributed by atoms with Crippen molar-refractivity contribution in [3.63, 3.8) is 0 Å². The van der Waals surface area contributed by atoms with E-state index in [-0.39, 0.29) is 5.91 Å². The number of carbonyl (C=O) groups excluding carboxylic acids is 1. The molecule has 7 nitrogen and oxygen atoms in total.